The van der Waals surface area contributed by atoms with Crippen LogP contribution in [0.15, 0.2) is 6.33 Å². The van der Waals surface area contributed by atoms with Crippen molar-refractivity contribution in [2.75, 3.05) is 32.1 Å². The molecule has 0 bridgehead atoms. The van der Waals surface area contributed by atoms with Gasteiger partial charge in [-0.05, 0) is 26.4 Å². The summed E-state index contributed by atoms with van der Waals surface area (Å²) in [6.07, 6.45) is 1.40. The molecule has 1 unspecified atom stereocenters. The van der Waals surface area contributed by atoms with E-state index in [1.165, 1.54) is 6.33 Å². The van der Waals surface area contributed by atoms with Crippen molar-refractivity contribution in [3.63, 3.8) is 0 Å². The highest BCUT2D eigenvalue weighted by Gasteiger charge is 2.14. The maximum absolute atomic E-state index is 13.7. The lowest BCUT2D eigenvalue weighted by Crippen LogP contribution is -2.30. The summed E-state index contributed by atoms with van der Waals surface area (Å²) in [5.74, 6) is 0.474. The minimum atomic E-state index is -0.332. The van der Waals surface area contributed by atoms with E-state index in [1.54, 1.807) is 6.92 Å². The van der Waals surface area contributed by atoms with Gasteiger partial charge in [0.1, 0.15) is 6.33 Å². The zero-order valence-electron chi connectivity index (χ0n) is 10.3. The molecule has 0 fully saturated rings. The van der Waals surface area contributed by atoms with Gasteiger partial charge in [-0.25, -0.2) is 14.4 Å². The summed E-state index contributed by atoms with van der Waals surface area (Å²) in [5, 5.41) is 3.10. The van der Waals surface area contributed by atoms with Crippen LogP contribution in [-0.4, -0.2) is 37.2 Å². The van der Waals surface area contributed by atoms with E-state index in [0.717, 1.165) is 13.1 Å². The van der Waals surface area contributed by atoms with E-state index in [4.69, 9.17) is 0 Å². The van der Waals surface area contributed by atoms with E-state index in [2.05, 4.69) is 22.2 Å². The SMILES string of the molecule is CNCC(C)CN(C)c1ncnc(C)c1F. The number of nitrogens with one attached hydrogen (secondary N) is 1. The Morgan fingerprint density at radius 2 is 2.19 bits per heavy atom. The first-order valence-electron chi connectivity index (χ1n) is 5.39. The average molecular weight is 226 g/mol. The van der Waals surface area contributed by atoms with Gasteiger partial charge in [-0.3, -0.25) is 0 Å². The van der Waals surface area contributed by atoms with Crippen molar-refractivity contribution < 1.29 is 4.39 Å². The number of aromatic nitrogens is 2. The Morgan fingerprint density at radius 3 is 2.81 bits per heavy atom. The summed E-state index contributed by atoms with van der Waals surface area (Å²) in [6.45, 7) is 5.41. The van der Waals surface area contributed by atoms with Crippen LogP contribution in [0.4, 0.5) is 10.2 Å². The van der Waals surface area contributed by atoms with Gasteiger partial charge in [-0.15, -0.1) is 0 Å². The van der Waals surface area contributed by atoms with Crippen LogP contribution in [0.2, 0.25) is 0 Å². The summed E-state index contributed by atoms with van der Waals surface area (Å²) in [6, 6.07) is 0. The molecule has 0 aromatic carbocycles. The second kappa shape index (κ2) is 5.75. The fourth-order valence-corrected chi connectivity index (χ4v) is 1.68. The van der Waals surface area contributed by atoms with Crippen LogP contribution < -0.4 is 10.2 Å². The lowest BCUT2D eigenvalue weighted by atomic mass is 10.1. The number of halogens is 1. The molecular formula is C11H19FN4. The predicted octanol–water partition coefficient (Wildman–Crippen LogP) is 1.22. The third-order valence-corrected chi connectivity index (χ3v) is 2.45. The van der Waals surface area contributed by atoms with Gasteiger partial charge >= 0.3 is 0 Å². The molecule has 1 atom stereocenters. The largest absolute Gasteiger partial charge is 0.357 e. The number of hydrogen-bond donors (Lipinski definition) is 1. The number of hydrogen-bond acceptors (Lipinski definition) is 4. The van der Waals surface area contributed by atoms with Crippen molar-refractivity contribution in [3.8, 4) is 0 Å². The van der Waals surface area contributed by atoms with Crippen LogP contribution in [-0.2, 0) is 0 Å². The van der Waals surface area contributed by atoms with Gasteiger partial charge in [-0.2, -0.15) is 0 Å². The summed E-state index contributed by atoms with van der Waals surface area (Å²) >= 11 is 0. The van der Waals surface area contributed by atoms with Gasteiger partial charge in [0.05, 0.1) is 5.69 Å². The monoisotopic (exact) mass is 226 g/mol. The zero-order valence-corrected chi connectivity index (χ0v) is 10.3. The molecular weight excluding hydrogens is 207 g/mol. The first-order valence-corrected chi connectivity index (χ1v) is 5.39. The highest BCUT2D eigenvalue weighted by Crippen LogP contribution is 2.16. The predicted molar refractivity (Wildman–Crippen MR) is 63.1 cm³/mol. The van der Waals surface area contributed by atoms with Crippen LogP contribution in [0.3, 0.4) is 0 Å². The van der Waals surface area contributed by atoms with Gasteiger partial charge in [0, 0.05) is 13.6 Å². The Balaban J connectivity index is 2.72. The lowest BCUT2D eigenvalue weighted by molar-refractivity contribution is 0.530. The van der Waals surface area contributed by atoms with E-state index < -0.39 is 0 Å². The van der Waals surface area contributed by atoms with Gasteiger partial charge < -0.3 is 10.2 Å². The van der Waals surface area contributed by atoms with Crippen LogP contribution in [0.5, 0.6) is 0 Å². The van der Waals surface area contributed by atoms with Crippen LogP contribution >= 0.6 is 0 Å². The van der Waals surface area contributed by atoms with Crippen molar-refractivity contribution in [2.45, 2.75) is 13.8 Å². The van der Waals surface area contributed by atoms with Gasteiger partial charge in [-0.1, -0.05) is 6.92 Å². The second-order valence-electron chi connectivity index (χ2n) is 4.14. The number of rotatable bonds is 5. The van der Waals surface area contributed by atoms with E-state index in [-0.39, 0.29) is 5.82 Å². The molecule has 5 heteroatoms. The smallest absolute Gasteiger partial charge is 0.186 e. The van der Waals surface area contributed by atoms with E-state index in [9.17, 15) is 4.39 Å². The molecule has 0 spiro atoms. The van der Waals surface area contributed by atoms with Crippen LogP contribution in [0.1, 0.15) is 12.6 Å². The molecule has 1 N–H and O–H groups in total. The summed E-state index contributed by atoms with van der Waals surface area (Å²) in [4.78, 5) is 9.61. The second-order valence-corrected chi connectivity index (χ2v) is 4.14. The first-order chi connectivity index (χ1) is 7.56. The van der Waals surface area contributed by atoms with Gasteiger partial charge in [0.25, 0.3) is 0 Å². The topological polar surface area (TPSA) is 41.0 Å². The zero-order chi connectivity index (χ0) is 12.1. The van der Waals surface area contributed by atoms with Gasteiger partial charge in [0.2, 0.25) is 0 Å². The molecule has 0 aliphatic heterocycles. The maximum Gasteiger partial charge on any atom is 0.186 e. The Hall–Kier alpha value is -1.23. The maximum atomic E-state index is 13.7. The molecule has 0 saturated carbocycles. The molecule has 1 aromatic heterocycles. The van der Waals surface area contributed by atoms with Crippen molar-refractivity contribution in [3.05, 3.63) is 17.8 Å². The first kappa shape index (κ1) is 12.8. The Kier molecular flexibility index (Phi) is 4.61. The molecule has 0 saturated heterocycles. The minimum Gasteiger partial charge on any atom is -0.357 e. The molecule has 0 aliphatic carbocycles. The Labute approximate surface area is 95.9 Å². The molecule has 0 aliphatic rings. The van der Waals surface area contributed by atoms with Crippen LogP contribution in [0.25, 0.3) is 0 Å². The molecule has 90 valence electrons. The lowest BCUT2D eigenvalue weighted by Gasteiger charge is -2.22. The standard InChI is InChI=1S/C11H19FN4/c1-8(5-13-3)6-16(4)11-10(12)9(2)14-7-15-11/h7-8,13H,5-6H2,1-4H3. The fourth-order valence-electron chi connectivity index (χ4n) is 1.68. The van der Waals surface area contributed by atoms with E-state index in [0.29, 0.717) is 17.4 Å². The number of anilines is 1. The van der Waals surface area contributed by atoms with Crippen molar-refractivity contribution in [1.82, 2.24) is 15.3 Å². The highest BCUT2D eigenvalue weighted by atomic mass is 19.1. The van der Waals surface area contributed by atoms with Gasteiger partial charge in [0.15, 0.2) is 11.6 Å². The van der Waals surface area contributed by atoms with E-state index >= 15 is 0 Å². The van der Waals surface area contributed by atoms with Crippen molar-refractivity contribution >= 4 is 5.82 Å². The third-order valence-electron chi connectivity index (χ3n) is 2.45. The molecule has 0 amide bonds. The molecule has 16 heavy (non-hydrogen) atoms. The summed E-state index contributed by atoms with van der Waals surface area (Å²) in [7, 11) is 3.75. The molecule has 4 nitrogen and oxygen atoms in total. The number of aryl methyl sites for hydroxylation is 1. The fraction of sp³-hybridized carbons (Fsp3) is 0.636. The summed E-state index contributed by atoms with van der Waals surface area (Å²) < 4.78 is 13.7. The molecule has 1 rings (SSSR count). The van der Waals surface area contributed by atoms with Crippen molar-refractivity contribution in [1.29, 1.82) is 0 Å². The molecule has 0 radical (unpaired) electrons. The summed E-state index contributed by atoms with van der Waals surface area (Å²) in [5.41, 5.74) is 0.387. The average Bonchev–Trinajstić information content (AvgIpc) is 2.22. The minimum absolute atomic E-state index is 0.332. The van der Waals surface area contributed by atoms with Crippen molar-refractivity contribution in [2.24, 2.45) is 5.92 Å². The molecule has 1 aromatic rings. The van der Waals surface area contributed by atoms with E-state index in [1.807, 2.05) is 19.0 Å². The number of nitrogens with zero attached hydrogens (tertiary/aromatic N) is 3. The normalized spacial score (nSPS) is 12.6. The highest BCUT2D eigenvalue weighted by molar-refractivity contribution is 5.39. The quantitative estimate of drug-likeness (QED) is 0.819. The van der Waals surface area contributed by atoms with Crippen LogP contribution in [0, 0.1) is 18.7 Å². The molecule has 1 heterocycles. The third kappa shape index (κ3) is 3.13. The Morgan fingerprint density at radius 1 is 1.50 bits per heavy atom. The Bertz CT molecular complexity index is 343.